The van der Waals surface area contributed by atoms with Crippen LogP contribution < -0.4 is 0 Å². The molecular weight excluding hydrogens is 162 g/mol. The molecule has 0 rings (SSSR count). The van der Waals surface area contributed by atoms with Gasteiger partial charge in [0.05, 0.1) is 5.75 Å². The van der Waals surface area contributed by atoms with Crippen molar-refractivity contribution < 1.29 is 13.0 Å². The van der Waals surface area contributed by atoms with Gasteiger partial charge in [0.25, 0.3) is 10.1 Å². The van der Waals surface area contributed by atoms with Gasteiger partial charge in [-0.1, -0.05) is 12.8 Å². The summed E-state index contributed by atoms with van der Waals surface area (Å²) in [5.41, 5.74) is 0. The monoisotopic (exact) mass is 171 g/mol. The number of nitrogens with zero attached hydrogens (tertiary/aromatic N) is 1. The Hall–Kier alpha value is 0.220. The van der Waals surface area contributed by atoms with Gasteiger partial charge in [-0.3, -0.25) is 8.86 Å². The van der Waals surface area contributed by atoms with Gasteiger partial charge in [0.2, 0.25) is 0 Å². The minimum Gasteiger partial charge on any atom is -0.286 e. The van der Waals surface area contributed by atoms with Gasteiger partial charge in [0.1, 0.15) is 0 Å². The topological polar surface area (TPSA) is 57.6 Å². The van der Waals surface area contributed by atoms with Crippen molar-refractivity contribution in [3.05, 3.63) is 0 Å². The van der Waals surface area contributed by atoms with Gasteiger partial charge in [-0.2, -0.15) is 8.42 Å². The summed E-state index contributed by atoms with van der Waals surface area (Å²) in [6.07, 6.45) is 0. The first-order chi connectivity index (χ1) is 3.92. The third kappa shape index (κ3) is 8.22. The average molecular weight is 171 g/mol. The van der Waals surface area contributed by atoms with E-state index < -0.39 is 10.1 Å². The molecule has 1 N–H and O–H groups in total. The third-order valence-electron chi connectivity index (χ3n) is 0.673. The van der Waals surface area contributed by atoms with Crippen molar-refractivity contribution >= 4 is 22.9 Å². The molecule has 0 aromatic rings. The highest BCUT2D eigenvalue weighted by Crippen LogP contribution is 1.88. The van der Waals surface area contributed by atoms with E-state index in [1.165, 1.54) is 4.31 Å². The van der Waals surface area contributed by atoms with Gasteiger partial charge in [0.15, 0.2) is 0 Å². The van der Waals surface area contributed by atoms with E-state index in [1.807, 2.05) is 0 Å². The lowest BCUT2D eigenvalue weighted by Gasteiger charge is -2.04. The zero-order valence-electron chi connectivity index (χ0n) is 4.98. The van der Waals surface area contributed by atoms with Crippen molar-refractivity contribution in [1.82, 2.24) is 4.31 Å². The summed E-state index contributed by atoms with van der Waals surface area (Å²) in [6.45, 7) is 0.224. The molecule has 56 valence electrons. The highest BCUT2D eigenvalue weighted by atomic mass is 32.2. The normalized spacial score (nSPS) is 12.4. The molecule has 0 aliphatic heterocycles. The molecule has 4 nitrogen and oxygen atoms in total. The largest absolute Gasteiger partial charge is 0.286 e. The van der Waals surface area contributed by atoms with E-state index in [9.17, 15) is 8.42 Å². The van der Waals surface area contributed by atoms with Gasteiger partial charge < -0.3 is 0 Å². The van der Waals surface area contributed by atoms with E-state index in [0.717, 1.165) is 0 Å². The van der Waals surface area contributed by atoms with Crippen LogP contribution in [0.25, 0.3) is 0 Å². The van der Waals surface area contributed by atoms with Crippen LogP contribution >= 0.6 is 12.8 Å². The Morgan fingerprint density at radius 2 is 2.11 bits per heavy atom. The molecule has 0 aliphatic carbocycles. The van der Waals surface area contributed by atoms with Gasteiger partial charge in [-0.25, -0.2) is 0 Å². The molecule has 0 fully saturated rings. The summed E-state index contributed by atoms with van der Waals surface area (Å²) < 4.78 is 29.6. The summed E-state index contributed by atoms with van der Waals surface area (Å²) in [6, 6.07) is 0. The molecule has 0 atom stereocenters. The van der Waals surface area contributed by atoms with E-state index in [1.54, 1.807) is 7.05 Å². The Bertz CT molecular complexity index is 162. The van der Waals surface area contributed by atoms with E-state index >= 15 is 0 Å². The van der Waals surface area contributed by atoms with Crippen LogP contribution in [0.5, 0.6) is 0 Å². The number of thiol groups is 1. The Balaban J connectivity index is 3.53. The second kappa shape index (κ2) is 3.40. The van der Waals surface area contributed by atoms with Crippen LogP contribution in [-0.2, 0) is 10.1 Å². The van der Waals surface area contributed by atoms with Crippen molar-refractivity contribution in [2.24, 2.45) is 0 Å². The maximum atomic E-state index is 10.0. The quantitative estimate of drug-likeness (QED) is 0.450. The molecule has 0 radical (unpaired) electrons. The second-order valence-electron chi connectivity index (χ2n) is 1.67. The van der Waals surface area contributed by atoms with Crippen LogP contribution in [0.4, 0.5) is 0 Å². The summed E-state index contributed by atoms with van der Waals surface area (Å²) in [7, 11) is -2.20. The fourth-order valence-electron chi connectivity index (χ4n) is 0.247. The molecule has 0 saturated heterocycles. The zero-order valence-corrected chi connectivity index (χ0v) is 6.69. The lowest BCUT2D eigenvalue weighted by molar-refractivity contribution is 0.474. The molecule has 0 aromatic heterocycles. The van der Waals surface area contributed by atoms with Crippen LogP contribution in [0.2, 0.25) is 0 Å². The van der Waals surface area contributed by atoms with Crippen molar-refractivity contribution in [1.29, 1.82) is 0 Å². The summed E-state index contributed by atoms with van der Waals surface area (Å²) in [4.78, 5) is 0. The van der Waals surface area contributed by atoms with Crippen molar-refractivity contribution in [3.63, 3.8) is 0 Å². The Morgan fingerprint density at radius 3 is 2.22 bits per heavy atom. The van der Waals surface area contributed by atoms with Crippen molar-refractivity contribution in [3.8, 4) is 0 Å². The predicted molar refractivity (Wildman–Crippen MR) is 38.0 cm³/mol. The molecule has 6 heteroatoms. The molecule has 0 unspecified atom stereocenters. The van der Waals surface area contributed by atoms with Crippen LogP contribution in [0.15, 0.2) is 0 Å². The van der Waals surface area contributed by atoms with E-state index in [-0.39, 0.29) is 12.3 Å². The lowest BCUT2D eigenvalue weighted by Crippen LogP contribution is -2.17. The summed E-state index contributed by atoms with van der Waals surface area (Å²) >= 11 is 3.77. The minimum absolute atomic E-state index is 0.224. The Morgan fingerprint density at radius 1 is 1.67 bits per heavy atom. The van der Waals surface area contributed by atoms with Crippen molar-refractivity contribution in [2.45, 2.75) is 0 Å². The smallest absolute Gasteiger partial charge is 0.266 e. The van der Waals surface area contributed by atoms with Gasteiger partial charge in [-0.05, 0) is 7.05 Å². The molecule has 0 aliphatic rings. The summed E-state index contributed by atoms with van der Waals surface area (Å²) in [5, 5.41) is 0. The molecule has 0 amide bonds. The fourth-order valence-corrected chi connectivity index (χ4v) is 0.987. The zero-order chi connectivity index (χ0) is 7.49. The highest BCUT2D eigenvalue weighted by molar-refractivity contribution is 7.85. The standard InChI is InChI=1S/C3H9NO3S2/c1-4(8)2-3-9(5,6)7/h8H,2-3H2,1H3,(H,5,6,7). The molecule has 0 heterocycles. The molecule has 0 aromatic carbocycles. The maximum Gasteiger partial charge on any atom is 0.266 e. The fraction of sp³-hybridized carbons (Fsp3) is 1.00. The maximum absolute atomic E-state index is 10.0. The molecule has 9 heavy (non-hydrogen) atoms. The molecule has 0 spiro atoms. The third-order valence-corrected chi connectivity index (χ3v) is 1.57. The SMILES string of the molecule is CN(S)CCS(=O)(=O)O. The molecule has 0 saturated carbocycles. The van der Waals surface area contributed by atoms with Crippen LogP contribution in [0, 0.1) is 0 Å². The van der Waals surface area contributed by atoms with Gasteiger partial charge in [0, 0.05) is 6.54 Å². The van der Waals surface area contributed by atoms with Crippen molar-refractivity contribution in [2.75, 3.05) is 19.3 Å². The Kier molecular flexibility index (Phi) is 3.49. The van der Waals surface area contributed by atoms with E-state index in [0.29, 0.717) is 0 Å². The number of hydrogen-bond acceptors (Lipinski definition) is 4. The average Bonchev–Trinajstić information content (AvgIpc) is 1.59. The first-order valence-corrected chi connectivity index (χ1v) is 4.28. The first kappa shape index (κ1) is 9.22. The minimum atomic E-state index is -3.81. The van der Waals surface area contributed by atoms with E-state index in [4.69, 9.17) is 4.55 Å². The number of hydrogen-bond donors (Lipinski definition) is 2. The van der Waals surface area contributed by atoms with Crippen LogP contribution in [0.1, 0.15) is 0 Å². The molecular formula is C3H9NO3S2. The molecule has 0 bridgehead atoms. The van der Waals surface area contributed by atoms with Gasteiger partial charge in [-0.15, -0.1) is 0 Å². The summed E-state index contributed by atoms with van der Waals surface area (Å²) in [5.74, 6) is -0.271. The van der Waals surface area contributed by atoms with Gasteiger partial charge >= 0.3 is 0 Å². The van der Waals surface area contributed by atoms with E-state index in [2.05, 4.69) is 12.8 Å². The first-order valence-electron chi connectivity index (χ1n) is 2.27. The highest BCUT2D eigenvalue weighted by Gasteiger charge is 2.03. The Labute approximate surface area is 60.1 Å². The van der Waals surface area contributed by atoms with Crippen LogP contribution in [0.3, 0.4) is 0 Å². The second-order valence-corrected chi connectivity index (χ2v) is 3.92. The number of rotatable bonds is 3. The van der Waals surface area contributed by atoms with Crippen LogP contribution in [-0.4, -0.2) is 36.6 Å². The predicted octanol–water partition coefficient (Wildman–Crippen LogP) is -0.349. The lowest BCUT2D eigenvalue weighted by atomic mass is 10.8.